The molecule has 2 atom stereocenters. The zero-order valence-corrected chi connectivity index (χ0v) is 14.0. The summed E-state index contributed by atoms with van der Waals surface area (Å²) in [6.45, 7) is 3.57. The third kappa shape index (κ3) is 4.55. The van der Waals surface area contributed by atoms with Crippen molar-refractivity contribution >= 4 is 0 Å². The van der Waals surface area contributed by atoms with Crippen molar-refractivity contribution in [1.29, 1.82) is 0 Å². The highest BCUT2D eigenvalue weighted by Crippen LogP contribution is 2.28. The van der Waals surface area contributed by atoms with E-state index in [4.69, 9.17) is 0 Å². The molecule has 2 unspecified atom stereocenters. The molecule has 1 saturated carbocycles. The van der Waals surface area contributed by atoms with Crippen LogP contribution in [0, 0.1) is 5.92 Å². The van der Waals surface area contributed by atoms with Crippen LogP contribution in [0.5, 0.6) is 0 Å². The molecule has 1 aromatic rings. The van der Waals surface area contributed by atoms with Crippen LogP contribution in [0.1, 0.15) is 57.1 Å². The first-order valence-electron chi connectivity index (χ1n) is 8.68. The molecular formula is C19H32N2. The zero-order valence-electron chi connectivity index (χ0n) is 14.0. The predicted octanol–water partition coefficient (Wildman–Crippen LogP) is 4.24. The van der Waals surface area contributed by atoms with Crippen molar-refractivity contribution in [2.24, 2.45) is 5.92 Å². The molecule has 2 rings (SSSR count). The van der Waals surface area contributed by atoms with E-state index >= 15 is 0 Å². The summed E-state index contributed by atoms with van der Waals surface area (Å²) < 4.78 is 0. The molecule has 0 spiro atoms. The number of rotatable bonds is 7. The largest absolute Gasteiger partial charge is 0.312 e. The van der Waals surface area contributed by atoms with Gasteiger partial charge < -0.3 is 10.2 Å². The van der Waals surface area contributed by atoms with E-state index in [0.717, 1.165) is 5.92 Å². The van der Waals surface area contributed by atoms with Gasteiger partial charge >= 0.3 is 0 Å². The number of nitrogens with one attached hydrogen (secondary N) is 1. The number of likely N-dealkylation sites (N-methyl/N-ethyl adjacent to an activating group) is 2. The van der Waals surface area contributed by atoms with E-state index in [1.54, 1.807) is 0 Å². The molecule has 0 saturated heterocycles. The van der Waals surface area contributed by atoms with Gasteiger partial charge in [0.1, 0.15) is 0 Å². The van der Waals surface area contributed by atoms with E-state index in [2.05, 4.69) is 61.6 Å². The Bertz CT molecular complexity index is 384. The lowest BCUT2D eigenvalue weighted by Crippen LogP contribution is -2.43. The lowest BCUT2D eigenvalue weighted by molar-refractivity contribution is 0.149. The summed E-state index contributed by atoms with van der Waals surface area (Å²) in [6.07, 6.45) is 8.35. The molecule has 1 aromatic carbocycles. The molecule has 2 heteroatoms. The van der Waals surface area contributed by atoms with Gasteiger partial charge in [0.05, 0.1) is 0 Å². The average Bonchev–Trinajstić information content (AvgIpc) is 2.54. The highest BCUT2D eigenvalue weighted by Gasteiger charge is 2.26. The molecule has 1 fully saturated rings. The van der Waals surface area contributed by atoms with Crippen LogP contribution in [0.3, 0.4) is 0 Å². The molecule has 0 aromatic heterocycles. The van der Waals surface area contributed by atoms with Crippen LogP contribution in [-0.4, -0.2) is 31.6 Å². The molecule has 0 heterocycles. The minimum absolute atomic E-state index is 0.421. The molecule has 0 aliphatic heterocycles. The summed E-state index contributed by atoms with van der Waals surface area (Å²) in [4.78, 5) is 2.60. The van der Waals surface area contributed by atoms with Crippen LogP contribution in [0.15, 0.2) is 30.3 Å². The second kappa shape index (κ2) is 8.55. The Morgan fingerprint density at radius 3 is 2.38 bits per heavy atom. The molecule has 0 bridgehead atoms. The van der Waals surface area contributed by atoms with Gasteiger partial charge in [0, 0.05) is 18.6 Å². The Morgan fingerprint density at radius 2 is 1.81 bits per heavy atom. The first-order valence-corrected chi connectivity index (χ1v) is 8.68. The van der Waals surface area contributed by atoms with E-state index in [1.165, 1.54) is 50.6 Å². The minimum atomic E-state index is 0.421. The quantitative estimate of drug-likeness (QED) is 0.807. The van der Waals surface area contributed by atoms with Crippen LogP contribution in [0.4, 0.5) is 0 Å². The van der Waals surface area contributed by atoms with E-state index in [9.17, 15) is 0 Å². The first kappa shape index (κ1) is 16.5. The van der Waals surface area contributed by atoms with Crippen molar-refractivity contribution < 1.29 is 0 Å². The summed E-state index contributed by atoms with van der Waals surface area (Å²) in [7, 11) is 4.41. The van der Waals surface area contributed by atoms with Gasteiger partial charge in [-0.15, -0.1) is 0 Å². The fraction of sp³-hybridized carbons (Fsp3) is 0.684. The summed E-state index contributed by atoms with van der Waals surface area (Å²) in [5, 5.41) is 3.55. The summed E-state index contributed by atoms with van der Waals surface area (Å²) in [6, 6.07) is 11.9. The van der Waals surface area contributed by atoms with Gasteiger partial charge in [0.25, 0.3) is 0 Å². The Morgan fingerprint density at radius 1 is 1.14 bits per heavy atom. The van der Waals surface area contributed by atoms with Crippen LogP contribution in [0.2, 0.25) is 0 Å². The highest BCUT2D eigenvalue weighted by molar-refractivity contribution is 5.20. The molecule has 1 aliphatic carbocycles. The topological polar surface area (TPSA) is 15.3 Å². The normalized spacial score (nSPS) is 19.6. The third-order valence-corrected chi connectivity index (χ3v) is 5.11. The van der Waals surface area contributed by atoms with Gasteiger partial charge in [-0.25, -0.2) is 0 Å². The van der Waals surface area contributed by atoms with E-state index < -0.39 is 0 Å². The Balaban J connectivity index is 2.02. The number of nitrogens with zero attached hydrogens (tertiary/aromatic N) is 1. The lowest BCUT2D eigenvalue weighted by Gasteiger charge is -2.37. The van der Waals surface area contributed by atoms with Gasteiger partial charge in [0.15, 0.2) is 0 Å². The second-order valence-corrected chi connectivity index (χ2v) is 6.60. The first-order chi connectivity index (χ1) is 10.3. The third-order valence-electron chi connectivity index (χ3n) is 5.11. The van der Waals surface area contributed by atoms with Crippen molar-refractivity contribution in [2.45, 2.75) is 57.5 Å². The monoisotopic (exact) mass is 288 g/mol. The van der Waals surface area contributed by atoms with Crippen molar-refractivity contribution in [3.05, 3.63) is 35.9 Å². The molecule has 0 amide bonds. The molecular weight excluding hydrogens is 256 g/mol. The predicted molar refractivity (Wildman–Crippen MR) is 91.5 cm³/mol. The Kier molecular flexibility index (Phi) is 6.72. The van der Waals surface area contributed by atoms with Crippen molar-refractivity contribution in [1.82, 2.24) is 10.2 Å². The average molecular weight is 288 g/mol. The molecule has 118 valence electrons. The number of hydrogen-bond acceptors (Lipinski definition) is 2. The summed E-state index contributed by atoms with van der Waals surface area (Å²) in [5.74, 6) is 0.908. The van der Waals surface area contributed by atoms with Crippen molar-refractivity contribution in [3.8, 4) is 0 Å². The van der Waals surface area contributed by atoms with Gasteiger partial charge in [0.2, 0.25) is 0 Å². The maximum atomic E-state index is 3.55. The SMILES string of the molecule is CCC(C(NC)c1ccccc1)N(C)CC1CCCCC1. The van der Waals surface area contributed by atoms with Crippen LogP contribution in [0.25, 0.3) is 0 Å². The molecule has 1 N–H and O–H groups in total. The van der Waals surface area contributed by atoms with Crippen LogP contribution >= 0.6 is 0 Å². The van der Waals surface area contributed by atoms with E-state index in [1.807, 2.05) is 0 Å². The molecule has 1 aliphatic rings. The van der Waals surface area contributed by atoms with Gasteiger partial charge in [-0.05, 0) is 44.8 Å². The standard InChI is InChI=1S/C19H32N2/c1-4-18(19(20-2)17-13-9-6-10-14-17)21(3)15-16-11-7-5-8-12-16/h6,9-10,13-14,16,18-20H,4-5,7-8,11-12,15H2,1-3H3. The van der Waals surface area contributed by atoms with Gasteiger partial charge in [-0.2, -0.15) is 0 Å². The fourth-order valence-electron chi connectivity index (χ4n) is 3.96. The maximum absolute atomic E-state index is 3.55. The smallest absolute Gasteiger partial charge is 0.0475 e. The minimum Gasteiger partial charge on any atom is -0.312 e. The Labute approximate surface area is 130 Å². The Hall–Kier alpha value is -0.860. The van der Waals surface area contributed by atoms with E-state index in [0.29, 0.717) is 12.1 Å². The molecule has 2 nitrogen and oxygen atoms in total. The maximum Gasteiger partial charge on any atom is 0.0475 e. The summed E-state index contributed by atoms with van der Waals surface area (Å²) >= 11 is 0. The fourth-order valence-corrected chi connectivity index (χ4v) is 3.96. The lowest BCUT2D eigenvalue weighted by atomic mass is 9.88. The second-order valence-electron chi connectivity index (χ2n) is 6.60. The van der Waals surface area contributed by atoms with Crippen molar-refractivity contribution in [3.63, 3.8) is 0 Å². The molecule has 21 heavy (non-hydrogen) atoms. The zero-order chi connectivity index (χ0) is 15.1. The summed E-state index contributed by atoms with van der Waals surface area (Å²) in [5.41, 5.74) is 1.40. The van der Waals surface area contributed by atoms with E-state index in [-0.39, 0.29) is 0 Å². The van der Waals surface area contributed by atoms with Gasteiger partial charge in [-0.3, -0.25) is 0 Å². The van der Waals surface area contributed by atoms with Crippen molar-refractivity contribution in [2.75, 3.05) is 20.6 Å². The number of hydrogen-bond donors (Lipinski definition) is 1. The van der Waals surface area contributed by atoms with Gasteiger partial charge in [-0.1, -0.05) is 56.5 Å². The number of benzene rings is 1. The molecule has 0 radical (unpaired) electrons. The van der Waals surface area contributed by atoms with Crippen LogP contribution in [-0.2, 0) is 0 Å². The van der Waals surface area contributed by atoms with Crippen LogP contribution < -0.4 is 5.32 Å². The highest BCUT2D eigenvalue weighted by atomic mass is 15.2.